The first-order valence-electron chi connectivity index (χ1n) is 4.51. The first-order chi connectivity index (χ1) is 6.70. The number of H-pyrrole nitrogens is 1. The summed E-state index contributed by atoms with van der Waals surface area (Å²) in [6.45, 7) is 1.83. The van der Waals surface area contributed by atoms with Gasteiger partial charge in [-0.2, -0.15) is 0 Å². The van der Waals surface area contributed by atoms with Gasteiger partial charge in [-0.1, -0.05) is 30.3 Å². The van der Waals surface area contributed by atoms with Gasteiger partial charge in [0.2, 0.25) is 0 Å². The highest BCUT2D eigenvalue weighted by molar-refractivity contribution is 5.61. The lowest BCUT2D eigenvalue weighted by Gasteiger charge is -1.97. The van der Waals surface area contributed by atoms with Gasteiger partial charge in [-0.15, -0.1) is 0 Å². The molecule has 0 unspecified atom stereocenters. The summed E-state index contributed by atoms with van der Waals surface area (Å²) in [5, 5.41) is 3.03. The highest BCUT2D eigenvalue weighted by Gasteiger charge is 2.08. The van der Waals surface area contributed by atoms with E-state index in [0.29, 0.717) is 0 Å². The van der Waals surface area contributed by atoms with E-state index in [1.165, 1.54) is 4.68 Å². The van der Waals surface area contributed by atoms with Crippen molar-refractivity contribution in [3.63, 3.8) is 0 Å². The van der Waals surface area contributed by atoms with Gasteiger partial charge in [0.05, 0.1) is 5.69 Å². The lowest BCUT2D eigenvalue weighted by molar-refractivity contribution is 0.741. The molecular formula is C11H12N2O. The highest BCUT2D eigenvalue weighted by Crippen LogP contribution is 2.17. The molecule has 0 saturated carbocycles. The summed E-state index contributed by atoms with van der Waals surface area (Å²) in [4.78, 5) is 11.5. The Kier molecular flexibility index (Phi) is 2.00. The largest absolute Gasteiger partial charge is 0.295 e. The fourth-order valence-electron chi connectivity index (χ4n) is 1.55. The number of hydrogen-bond donors (Lipinski definition) is 1. The topological polar surface area (TPSA) is 37.8 Å². The number of hydrogen-bond acceptors (Lipinski definition) is 1. The zero-order valence-corrected chi connectivity index (χ0v) is 8.24. The van der Waals surface area contributed by atoms with E-state index in [1.807, 2.05) is 37.3 Å². The van der Waals surface area contributed by atoms with Crippen molar-refractivity contribution in [2.75, 3.05) is 0 Å². The molecule has 0 fully saturated rings. The summed E-state index contributed by atoms with van der Waals surface area (Å²) in [7, 11) is 1.72. The number of aromatic nitrogens is 2. The van der Waals surface area contributed by atoms with Gasteiger partial charge in [0.25, 0.3) is 5.56 Å². The SMILES string of the molecule is Cc1c(-c2ccccc2)[nH]n(C)c1=O. The minimum atomic E-state index is 0.0313. The summed E-state index contributed by atoms with van der Waals surface area (Å²) in [5.41, 5.74) is 2.74. The molecule has 1 aromatic heterocycles. The van der Waals surface area contributed by atoms with Crippen molar-refractivity contribution in [1.82, 2.24) is 9.78 Å². The van der Waals surface area contributed by atoms with Crippen molar-refractivity contribution in [3.05, 3.63) is 46.2 Å². The zero-order valence-electron chi connectivity index (χ0n) is 8.24. The molecule has 1 N–H and O–H groups in total. The molecule has 1 heterocycles. The van der Waals surface area contributed by atoms with Crippen LogP contribution in [-0.2, 0) is 7.05 Å². The molecule has 2 aromatic rings. The molecule has 0 radical (unpaired) electrons. The van der Waals surface area contributed by atoms with Gasteiger partial charge in [-0.25, -0.2) is 0 Å². The Morgan fingerprint density at radius 3 is 2.36 bits per heavy atom. The Morgan fingerprint density at radius 1 is 1.21 bits per heavy atom. The summed E-state index contributed by atoms with van der Waals surface area (Å²) in [6, 6.07) is 9.84. The summed E-state index contributed by atoms with van der Waals surface area (Å²) >= 11 is 0. The van der Waals surface area contributed by atoms with E-state index in [4.69, 9.17) is 0 Å². The average molecular weight is 188 g/mol. The Bertz CT molecular complexity index is 494. The second-order valence-corrected chi connectivity index (χ2v) is 3.34. The van der Waals surface area contributed by atoms with Crippen molar-refractivity contribution in [2.24, 2.45) is 7.05 Å². The molecule has 0 bridgehead atoms. The van der Waals surface area contributed by atoms with Crippen LogP contribution in [0, 0.1) is 6.92 Å². The smallest absolute Gasteiger partial charge is 0.269 e. The minimum Gasteiger partial charge on any atom is -0.295 e. The minimum absolute atomic E-state index is 0.0313. The van der Waals surface area contributed by atoms with Gasteiger partial charge in [0, 0.05) is 12.6 Å². The second-order valence-electron chi connectivity index (χ2n) is 3.34. The molecule has 3 nitrogen and oxygen atoms in total. The van der Waals surface area contributed by atoms with Gasteiger partial charge in [-0.05, 0) is 12.5 Å². The first kappa shape index (κ1) is 8.81. The summed E-state index contributed by atoms with van der Waals surface area (Å²) < 4.78 is 1.50. The summed E-state index contributed by atoms with van der Waals surface area (Å²) in [6.07, 6.45) is 0. The monoisotopic (exact) mass is 188 g/mol. The predicted octanol–water partition coefficient (Wildman–Crippen LogP) is 1.69. The quantitative estimate of drug-likeness (QED) is 0.726. The molecule has 0 atom stereocenters. The maximum Gasteiger partial charge on any atom is 0.269 e. The van der Waals surface area contributed by atoms with E-state index in [-0.39, 0.29) is 5.56 Å². The molecule has 0 aliphatic heterocycles. The molecular weight excluding hydrogens is 176 g/mol. The maximum absolute atomic E-state index is 11.5. The number of aromatic amines is 1. The van der Waals surface area contributed by atoms with Crippen LogP contribution >= 0.6 is 0 Å². The highest BCUT2D eigenvalue weighted by atomic mass is 16.1. The van der Waals surface area contributed by atoms with Crippen LogP contribution in [0.15, 0.2) is 35.1 Å². The predicted molar refractivity (Wildman–Crippen MR) is 56.2 cm³/mol. The summed E-state index contributed by atoms with van der Waals surface area (Å²) in [5.74, 6) is 0. The van der Waals surface area contributed by atoms with Crippen molar-refractivity contribution >= 4 is 0 Å². The molecule has 0 amide bonds. The van der Waals surface area contributed by atoms with Crippen molar-refractivity contribution < 1.29 is 0 Å². The van der Waals surface area contributed by atoms with Gasteiger partial charge in [-0.3, -0.25) is 14.6 Å². The van der Waals surface area contributed by atoms with E-state index in [1.54, 1.807) is 7.05 Å². The van der Waals surface area contributed by atoms with Gasteiger partial charge in [0.1, 0.15) is 0 Å². The van der Waals surface area contributed by atoms with Crippen LogP contribution in [0.1, 0.15) is 5.56 Å². The van der Waals surface area contributed by atoms with E-state index in [0.717, 1.165) is 16.8 Å². The van der Waals surface area contributed by atoms with E-state index >= 15 is 0 Å². The Morgan fingerprint density at radius 2 is 1.86 bits per heavy atom. The number of nitrogens with zero attached hydrogens (tertiary/aromatic N) is 1. The number of benzene rings is 1. The van der Waals surface area contributed by atoms with Gasteiger partial charge in [0.15, 0.2) is 0 Å². The van der Waals surface area contributed by atoms with E-state index < -0.39 is 0 Å². The third-order valence-corrected chi connectivity index (χ3v) is 2.34. The molecule has 0 spiro atoms. The standard InChI is InChI=1S/C11H12N2O/c1-8-10(12-13(2)11(8)14)9-6-4-3-5-7-9/h3-7,12H,1-2H3. The Hall–Kier alpha value is -1.77. The van der Waals surface area contributed by atoms with Gasteiger partial charge >= 0.3 is 0 Å². The van der Waals surface area contributed by atoms with Gasteiger partial charge < -0.3 is 0 Å². The lowest BCUT2D eigenvalue weighted by Crippen LogP contribution is -2.12. The molecule has 0 saturated heterocycles. The van der Waals surface area contributed by atoms with Crippen molar-refractivity contribution in [1.29, 1.82) is 0 Å². The van der Waals surface area contributed by atoms with Crippen LogP contribution in [0.2, 0.25) is 0 Å². The van der Waals surface area contributed by atoms with E-state index in [2.05, 4.69) is 5.10 Å². The normalized spacial score (nSPS) is 10.4. The number of nitrogens with one attached hydrogen (secondary N) is 1. The van der Waals surface area contributed by atoms with Crippen LogP contribution in [0.3, 0.4) is 0 Å². The molecule has 72 valence electrons. The number of aryl methyl sites for hydroxylation is 1. The Balaban J connectivity index is 2.64. The molecule has 3 heteroatoms. The van der Waals surface area contributed by atoms with Crippen LogP contribution < -0.4 is 5.56 Å². The van der Waals surface area contributed by atoms with Crippen LogP contribution in [0.25, 0.3) is 11.3 Å². The maximum atomic E-state index is 11.5. The third kappa shape index (κ3) is 1.27. The third-order valence-electron chi connectivity index (χ3n) is 2.34. The van der Waals surface area contributed by atoms with Crippen molar-refractivity contribution in [3.8, 4) is 11.3 Å². The van der Waals surface area contributed by atoms with Crippen LogP contribution in [0.4, 0.5) is 0 Å². The fraction of sp³-hybridized carbons (Fsp3) is 0.182. The fourth-order valence-corrected chi connectivity index (χ4v) is 1.55. The lowest BCUT2D eigenvalue weighted by atomic mass is 10.1. The first-order valence-corrected chi connectivity index (χ1v) is 4.51. The molecule has 14 heavy (non-hydrogen) atoms. The average Bonchev–Trinajstić information content (AvgIpc) is 2.47. The zero-order chi connectivity index (χ0) is 10.1. The van der Waals surface area contributed by atoms with Crippen LogP contribution in [-0.4, -0.2) is 9.78 Å². The number of rotatable bonds is 1. The Labute approximate surface area is 82.0 Å². The molecule has 2 rings (SSSR count). The molecule has 1 aromatic carbocycles. The van der Waals surface area contributed by atoms with Crippen LogP contribution in [0.5, 0.6) is 0 Å². The van der Waals surface area contributed by atoms with Crippen molar-refractivity contribution in [2.45, 2.75) is 6.92 Å². The second kappa shape index (κ2) is 3.18. The molecule has 0 aliphatic carbocycles. The molecule has 0 aliphatic rings. The van der Waals surface area contributed by atoms with E-state index in [9.17, 15) is 4.79 Å².